The fourth-order valence-electron chi connectivity index (χ4n) is 1.80. The van der Waals surface area contributed by atoms with Crippen molar-refractivity contribution in [1.29, 1.82) is 5.26 Å². The third-order valence-electron chi connectivity index (χ3n) is 2.98. The summed E-state index contributed by atoms with van der Waals surface area (Å²) < 4.78 is 16.0. The molecule has 124 valence electrons. The van der Waals surface area contributed by atoms with Gasteiger partial charge in [0.1, 0.15) is 11.6 Å². The lowest BCUT2D eigenvalue weighted by molar-refractivity contribution is -0.117. The van der Waals surface area contributed by atoms with Crippen molar-refractivity contribution in [3.8, 4) is 17.6 Å². The molecule has 1 amide bonds. The molecule has 0 unspecified atom stereocenters. The molecule has 0 spiro atoms. The lowest BCUT2D eigenvalue weighted by Gasteiger charge is -2.10. The standard InChI is InChI=1S/C16H19BrN2O4/c1-21-6-4-5-19-16(20)12(10-18)7-11-8-14(22-2)15(23-3)9-13(11)17/h7-9H,4-6H2,1-3H3,(H,19,20). The van der Waals surface area contributed by atoms with Gasteiger partial charge in [-0.2, -0.15) is 5.26 Å². The van der Waals surface area contributed by atoms with Crippen molar-refractivity contribution in [3.63, 3.8) is 0 Å². The number of benzene rings is 1. The molecule has 6 nitrogen and oxygen atoms in total. The van der Waals surface area contributed by atoms with Gasteiger partial charge in [-0.25, -0.2) is 0 Å². The van der Waals surface area contributed by atoms with Crippen LogP contribution >= 0.6 is 15.9 Å². The second-order valence-corrected chi connectivity index (χ2v) is 5.36. The molecule has 0 aliphatic rings. The molecule has 1 N–H and O–H groups in total. The van der Waals surface area contributed by atoms with E-state index in [1.807, 2.05) is 6.07 Å². The number of methoxy groups -OCH3 is 3. The molecule has 0 saturated heterocycles. The van der Waals surface area contributed by atoms with E-state index in [1.165, 1.54) is 20.3 Å². The van der Waals surface area contributed by atoms with E-state index >= 15 is 0 Å². The highest BCUT2D eigenvalue weighted by Crippen LogP contribution is 2.34. The van der Waals surface area contributed by atoms with Gasteiger partial charge in [0, 0.05) is 24.7 Å². The quantitative estimate of drug-likeness (QED) is 0.424. The van der Waals surface area contributed by atoms with Crippen LogP contribution in [-0.2, 0) is 9.53 Å². The van der Waals surface area contributed by atoms with E-state index in [2.05, 4.69) is 21.2 Å². The number of nitrogens with zero attached hydrogens (tertiary/aromatic N) is 1. The van der Waals surface area contributed by atoms with Crippen molar-refractivity contribution in [1.82, 2.24) is 5.32 Å². The zero-order chi connectivity index (χ0) is 17.2. The van der Waals surface area contributed by atoms with E-state index in [1.54, 1.807) is 19.2 Å². The SMILES string of the molecule is COCCCNC(=O)C(C#N)=Cc1cc(OC)c(OC)cc1Br. The van der Waals surface area contributed by atoms with Gasteiger partial charge in [0.15, 0.2) is 11.5 Å². The highest BCUT2D eigenvalue weighted by atomic mass is 79.9. The van der Waals surface area contributed by atoms with Crippen LogP contribution in [0, 0.1) is 11.3 Å². The molecule has 0 heterocycles. The number of hydrogen-bond donors (Lipinski definition) is 1. The summed E-state index contributed by atoms with van der Waals surface area (Å²) in [6.45, 7) is 0.992. The lowest BCUT2D eigenvalue weighted by atomic mass is 10.1. The number of carbonyl (C=O) groups is 1. The number of rotatable bonds is 8. The van der Waals surface area contributed by atoms with Gasteiger partial charge in [-0.3, -0.25) is 4.79 Å². The summed E-state index contributed by atoms with van der Waals surface area (Å²) in [6.07, 6.45) is 2.18. The maximum Gasteiger partial charge on any atom is 0.261 e. The van der Waals surface area contributed by atoms with Gasteiger partial charge in [0.25, 0.3) is 5.91 Å². The first-order chi connectivity index (χ1) is 11.1. The van der Waals surface area contributed by atoms with Gasteiger partial charge in [0.2, 0.25) is 0 Å². The fourth-order valence-corrected chi connectivity index (χ4v) is 2.24. The van der Waals surface area contributed by atoms with E-state index in [4.69, 9.17) is 14.2 Å². The Morgan fingerprint density at radius 1 is 1.30 bits per heavy atom. The molecule has 0 fully saturated rings. The summed E-state index contributed by atoms with van der Waals surface area (Å²) >= 11 is 3.39. The predicted octanol–water partition coefficient (Wildman–Crippen LogP) is 2.53. The molecule has 0 aliphatic carbocycles. The summed E-state index contributed by atoms with van der Waals surface area (Å²) in [5.74, 6) is 0.643. The van der Waals surface area contributed by atoms with Crippen LogP contribution in [-0.4, -0.2) is 40.4 Å². The average molecular weight is 383 g/mol. The second kappa shape index (κ2) is 9.87. The van der Waals surface area contributed by atoms with E-state index in [0.717, 1.165) is 0 Å². The van der Waals surface area contributed by atoms with Crippen molar-refractivity contribution >= 4 is 27.9 Å². The molecular weight excluding hydrogens is 364 g/mol. The Labute approximate surface area is 144 Å². The summed E-state index contributed by atoms with van der Waals surface area (Å²) in [6, 6.07) is 5.32. The normalized spacial score (nSPS) is 10.8. The molecule has 7 heteroatoms. The predicted molar refractivity (Wildman–Crippen MR) is 90.3 cm³/mol. The monoisotopic (exact) mass is 382 g/mol. The van der Waals surface area contributed by atoms with Crippen LogP contribution in [0.15, 0.2) is 22.2 Å². The van der Waals surface area contributed by atoms with Crippen molar-refractivity contribution in [2.45, 2.75) is 6.42 Å². The molecule has 1 rings (SSSR count). The Hall–Kier alpha value is -2.04. The van der Waals surface area contributed by atoms with Gasteiger partial charge >= 0.3 is 0 Å². The first-order valence-corrected chi connectivity index (χ1v) is 7.67. The van der Waals surface area contributed by atoms with Crippen LogP contribution in [0.1, 0.15) is 12.0 Å². The summed E-state index contributed by atoms with van der Waals surface area (Å²) in [4.78, 5) is 12.0. The zero-order valence-electron chi connectivity index (χ0n) is 13.3. The maximum absolute atomic E-state index is 12.0. The van der Waals surface area contributed by atoms with Gasteiger partial charge in [-0.1, -0.05) is 15.9 Å². The topological polar surface area (TPSA) is 80.6 Å². The minimum Gasteiger partial charge on any atom is -0.493 e. The van der Waals surface area contributed by atoms with Gasteiger partial charge in [-0.15, -0.1) is 0 Å². The van der Waals surface area contributed by atoms with E-state index < -0.39 is 5.91 Å². The first-order valence-electron chi connectivity index (χ1n) is 6.87. The zero-order valence-corrected chi connectivity index (χ0v) is 14.9. The van der Waals surface area contributed by atoms with Crippen molar-refractivity contribution in [2.75, 3.05) is 34.5 Å². The Morgan fingerprint density at radius 2 is 1.96 bits per heavy atom. The van der Waals surface area contributed by atoms with Crippen LogP contribution < -0.4 is 14.8 Å². The molecule has 0 radical (unpaired) electrons. The lowest BCUT2D eigenvalue weighted by Crippen LogP contribution is -2.26. The van der Waals surface area contributed by atoms with Crippen molar-refractivity contribution in [2.24, 2.45) is 0 Å². The molecule has 0 aromatic heterocycles. The third kappa shape index (κ3) is 5.58. The largest absolute Gasteiger partial charge is 0.493 e. The van der Waals surface area contributed by atoms with Crippen LogP contribution in [0.4, 0.5) is 0 Å². The minimum atomic E-state index is -0.426. The highest BCUT2D eigenvalue weighted by Gasteiger charge is 2.12. The number of amides is 1. The molecule has 0 saturated carbocycles. The van der Waals surface area contributed by atoms with Crippen molar-refractivity contribution < 1.29 is 19.0 Å². The summed E-state index contributed by atoms with van der Waals surface area (Å²) in [7, 11) is 4.65. The smallest absolute Gasteiger partial charge is 0.261 e. The van der Waals surface area contributed by atoms with Crippen LogP contribution in [0.25, 0.3) is 6.08 Å². The Bertz CT molecular complexity index is 623. The molecule has 23 heavy (non-hydrogen) atoms. The molecule has 1 aromatic rings. The van der Waals surface area contributed by atoms with Gasteiger partial charge in [-0.05, 0) is 30.2 Å². The minimum absolute atomic E-state index is 0.00957. The first kappa shape index (κ1) is 19.0. The molecule has 0 bridgehead atoms. The Balaban J connectivity index is 2.98. The van der Waals surface area contributed by atoms with E-state index in [-0.39, 0.29) is 5.57 Å². The van der Waals surface area contributed by atoms with Gasteiger partial charge < -0.3 is 19.5 Å². The number of carbonyl (C=O) groups excluding carboxylic acids is 1. The van der Waals surface area contributed by atoms with Crippen LogP contribution in [0.5, 0.6) is 11.5 Å². The molecule has 0 aliphatic heterocycles. The number of ether oxygens (including phenoxy) is 3. The number of nitrogens with one attached hydrogen (secondary N) is 1. The van der Waals surface area contributed by atoms with Crippen molar-refractivity contribution in [3.05, 3.63) is 27.7 Å². The molecular formula is C16H19BrN2O4. The molecule has 0 atom stereocenters. The molecule has 1 aromatic carbocycles. The number of nitriles is 1. The average Bonchev–Trinajstić information content (AvgIpc) is 2.57. The summed E-state index contributed by atoms with van der Waals surface area (Å²) in [5.41, 5.74) is 0.654. The third-order valence-corrected chi connectivity index (χ3v) is 3.67. The summed E-state index contributed by atoms with van der Waals surface area (Å²) in [5, 5.41) is 11.9. The van der Waals surface area contributed by atoms with Crippen LogP contribution in [0.3, 0.4) is 0 Å². The maximum atomic E-state index is 12.0. The van der Waals surface area contributed by atoms with Crippen LogP contribution in [0.2, 0.25) is 0 Å². The second-order valence-electron chi connectivity index (χ2n) is 4.50. The fraction of sp³-hybridized carbons (Fsp3) is 0.375. The van der Waals surface area contributed by atoms with Gasteiger partial charge in [0.05, 0.1) is 14.2 Å². The Morgan fingerprint density at radius 3 is 2.52 bits per heavy atom. The number of hydrogen-bond acceptors (Lipinski definition) is 5. The number of halogens is 1. The van der Waals surface area contributed by atoms with E-state index in [0.29, 0.717) is 41.1 Å². The Kier molecular flexibility index (Phi) is 8.16. The highest BCUT2D eigenvalue weighted by molar-refractivity contribution is 9.10. The van der Waals surface area contributed by atoms with E-state index in [9.17, 15) is 10.1 Å².